The van der Waals surface area contributed by atoms with Gasteiger partial charge < -0.3 is 4.74 Å². The first-order valence-corrected chi connectivity index (χ1v) is 6.60. The molecular formula is C13H15BrO. The molecule has 1 aliphatic carbocycles. The quantitative estimate of drug-likeness (QED) is 0.748. The molecule has 1 aromatic rings. The van der Waals surface area contributed by atoms with E-state index in [1.165, 1.54) is 18.4 Å². The Bertz CT molecular complexity index is 354. The molecule has 0 amide bonds. The summed E-state index contributed by atoms with van der Waals surface area (Å²) in [7, 11) is 0. The third kappa shape index (κ3) is 1.38. The van der Waals surface area contributed by atoms with Crippen LogP contribution in [0.5, 0.6) is 0 Å². The Balaban J connectivity index is 1.89. The van der Waals surface area contributed by atoms with Crippen LogP contribution in [0.3, 0.4) is 0 Å². The van der Waals surface area contributed by atoms with Crippen LogP contribution in [0.2, 0.25) is 0 Å². The summed E-state index contributed by atoms with van der Waals surface area (Å²) in [5.41, 5.74) is 2.21. The normalized spacial score (nSPS) is 38.5. The fraction of sp³-hybridized carbons (Fsp3) is 0.538. The van der Waals surface area contributed by atoms with Crippen molar-refractivity contribution in [3.63, 3.8) is 0 Å². The van der Waals surface area contributed by atoms with Crippen molar-refractivity contribution in [1.82, 2.24) is 0 Å². The van der Waals surface area contributed by atoms with Crippen molar-refractivity contribution in [3.05, 3.63) is 35.9 Å². The molecule has 1 aromatic carbocycles. The zero-order chi connectivity index (χ0) is 10.4. The molecule has 0 N–H and O–H groups in total. The lowest BCUT2D eigenvalue weighted by Gasteiger charge is -2.60. The second-order valence-corrected chi connectivity index (χ2v) is 5.69. The Morgan fingerprint density at radius 3 is 2.53 bits per heavy atom. The highest BCUT2D eigenvalue weighted by Crippen LogP contribution is 2.59. The second-order valence-electron chi connectivity index (χ2n) is 5.13. The molecule has 2 saturated heterocycles. The van der Waals surface area contributed by atoms with Crippen molar-refractivity contribution in [1.29, 1.82) is 0 Å². The fourth-order valence-electron chi connectivity index (χ4n) is 3.26. The molecule has 0 unspecified atom stereocenters. The zero-order valence-corrected chi connectivity index (χ0v) is 10.3. The molecule has 0 atom stereocenters. The topological polar surface area (TPSA) is 9.23 Å². The predicted octanol–water partition coefficient (Wildman–Crippen LogP) is 3.13. The fourth-order valence-corrected chi connectivity index (χ4v) is 3.82. The standard InChI is InChI=1S/C13H15BrO/c14-8-12-6-13(7-12,10-15-9-12)11-4-2-1-3-5-11/h1-5H,6-10H2. The highest BCUT2D eigenvalue weighted by Gasteiger charge is 2.58. The molecule has 0 aromatic heterocycles. The lowest BCUT2D eigenvalue weighted by Crippen LogP contribution is -2.60. The molecule has 4 rings (SSSR count). The van der Waals surface area contributed by atoms with Crippen molar-refractivity contribution in [3.8, 4) is 0 Å². The number of alkyl halides is 1. The van der Waals surface area contributed by atoms with E-state index in [-0.39, 0.29) is 0 Å². The van der Waals surface area contributed by atoms with Gasteiger partial charge in [-0.25, -0.2) is 0 Å². The van der Waals surface area contributed by atoms with Crippen LogP contribution >= 0.6 is 15.9 Å². The predicted molar refractivity (Wildman–Crippen MR) is 64.4 cm³/mol. The minimum absolute atomic E-state index is 0.327. The number of ether oxygens (including phenoxy) is 1. The first-order chi connectivity index (χ1) is 7.29. The summed E-state index contributed by atoms with van der Waals surface area (Å²) in [5, 5.41) is 1.08. The third-order valence-corrected chi connectivity index (χ3v) is 5.07. The van der Waals surface area contributed by atoms with Gasteiger partial charge in [0.25, 0.3) is 0 Å². The van der Waals surface area contributed by atoms with Gasteiger partial charge in [-0.2, -0.15) is 0 Å². The maximum atomic E-state index is 5.75. The lowest BCUT2D eigenvalue weighted by molar-refractivity contribution is -0.139. The number of benzene rings is 1. The summed E-state index contributed by atoms with van der Waals surface area (Å²) < 4.78 is 5.75. The van der Waals surface area contributed by atoms with Crippen LogP contribution in [0.1, 0.15) is 18.4 Å². The highest BCUT2D eigenvalue weighted by atomic mass is 79.9. The van der Waals surface area contributed by atoms with Crippen LogP contribution in [0.25, 0.3) is 0 Å². The zero-order valence-electron chi connectivity index (χ0n) is 8.71. The monoisotopic (exact) mass is 266 g/mol. The second kappa shape index (κ2) is 3.33. The van der Waals surface area contributed by atoms with Crippen LogP contribution in [0.4, 0.5) is 0 Å². The molecule has 0 radical (unpaired) electrons. The molecule has 2 aliphatic heterocycles. The van der Waals surface area contributed by atoms with Gasteiger partial charge in [-0.05, 0) is 18.4 Å². The summed E-state index contributed by atoms with van der Waals surface area (Å²) in [4.78, 5) is 0. The van der Waals surface area contributed by atoms with Gasteiger partial charge in [0.15, 0.2) is 0 Å². The van der Waals surface area contributed by atoms with Gasteiger partial charge in [-0.15, -0.1) is 0 Å². The van der Waals surface area contributed by atoms with Gasteiger partial charge in [0.1, 0.15) is 0 Å². The van der Waals surface area contributed by atoms with Gasteiger partial charge in [0.2, 0.25) is 0 Å². The Morgan fingerprint density at radius 2 is 1.87 bits per heavy atom. The number of fused-ring (bicyclic) bond motifs is 2. The van der Waals surface area contributed by atoms with Crippen LogP contribution < -0.4 is 0 Å². The molecule has 2 bridgehead atoms. The number of rotatable bonds is 2. The lowest BCUT2D eigenvalue weighted by atomic mass is 9.50. The molecule has 2 heterocycles. The van der Waals surface area contributed by atoms with Crippen molar-refractivity contribution in [2.45, 2.75) is 18.3 Å². The first-order valence-electron chi connectivity index (χ1n) is 5.48. The molecule has 2 heteroatoms. The Labute approximate surface area is 99.0 Å². The molecule has 80 valence electrons. The SMILES string of the molecule is BrCC12COCC(c3ccccc3)(C1)C2. The Kier molecular flexibility index (Phi) is 2.18. The van der Waals surface area contributed by atoms with Gasteiger partial charge in [0.05, 0.1) is 13.2 Å². The van der Waals surface area contributed by atoms with E-state index in [0.29, 0.717) is 10.8 Å². The van der Waals surface area contributed by atoms with Crippen molar-refractivity contribution in [2.24, 2.45) is 5.41 Å². The van der Waals surface area contributed by atoms with Gasteiger partial charge in [-0.1, -0.05) is 46.3 Å². The van der Waals surface area contributed by atoms with Gasteiger partial charge in [-0.3, -0.25) is 0 Å². The molecule has 15 heavy (non-hydrogen) atoms. The smallest absolute Gasteiger partial charge is 0.0563 e. The third-order valence-electron chi connectivity index (χ3n) is 3.88. The summed E-state index contributed by atoms with van der Waals surface area (Å²) in [6.45, 7) is 1.85. The van der Waals surface area contributed by atoms with E-state index in [0.717, 1.165) is 18.5 Å². The maximum Gasteiger partial charge on any atom is 0.0563 e. The molecule has 1 nitrogen and oxygen atoms in total. The van der Waals surface area contributed by atoms with Gasteiger partial charge in [0, 0.05) is 16.2 Å². The minimum atomic E-state index is 0.327. The number of hydrogen-bond acceptors (Lipinski definition) is 1. The van der Waals surface area contributed by atoms with Crippen LogP contribution in [0.15, 0.2) is 30.3 Å². The minimum Gasteiger partial charge on any atom is -0.380 e. The Hall–Kier alpha value is -0.340. The molecule has 1 saturated carbocycles. The highest BCUT2D eigenvalue weighted by molar-refractivity contribution is 9.09. The van der Waals surface area contributed by atoms with Crippen LogP contribution in [-0.4, -0.2) is 18.5 Å². The summed E-state index contributed by atoms with van der Waals surface area (Å²) in [5.74, 6) is 0. The molecule has 3 aliphatic rings. The van der Waals surface area contributed by atoms with Crippen molar-refractivity contribution in [2.75, 3.05) is 18.5 Å². The summed E-state index contributed by atoms with van der Waals surface area (Å²) in [6, 6.07) is 10.8. The Morgan fingerprint density at radius 1 is 1.13 bits per heavy atom. The van der Waals surface area contributed by atoms with E-state index in [4.69, 9.17) is 4.74 Å². The number of halogens is 1. The van der Waals surface area contributed by atoms with E-state index in [2.05, 4.69) is 46.3 Å². The van der Waals surface area contributed by atoms with Crippen molar-refractivity contribution >= 4 is 15.9 Å². The van der Waals surface area contributed by atoms with Crippen LogP contribution in [-0.2, 0) is 10.2 Å². The largest absolute Gasteiger partial charge is 0.380 e. The van der Waals surface area contributed by atoms with E-state index in [1.54, 1.807) is 0 Å². The van der Waals surface area contributed by atoms with E-state index >= 15 is 0 Å². The summed E-state index contributed by atoms with van der Waals surface area (Å²) >= 11 is 3.62. The van der Waals surface area contributed by atoms with E-state index in [9.17, 15) is 0 Å². The molecular weight excluding hydrogens is 252 g/mol. The average Bonchev–Trinajstić information content (AvgIpc) is 2.29. The summed E-state index contributed by atoms with van der Waals surface area (Å²) in [6.07, 6.45) is 2.57. The van der Waals surface area contributed by atoms with Crippen LogP contribution in [0, 0.1) is 5.41 Å². The van der Waals surface area contributed by atoms with E-state index < -0.39 is 0 Å². The first kappa shape index (κ1) is 9.86. The molecule has 3 fully saturated rings. The van der Waals surface area contributed by atoms with E-state index in [1.807, 2.05) is 0 Å². The average molecular weight is 267 g/mol. The maximum absolute atomic E-state index is 5.75. The van der Waals surface area contributed by atoms with Gasteiger partial charge >= 0.3 is 0 Å². The number of hydrogen-bond donors (Lipinski definition) is 0. The molecule has 0 spiro atoms. The van der Waals surface area contributed by atoms with Crippen molar-refractivity contribution < 1.29 is 4.74 Å².